The fourth-order valence-electron chi connectivity index (χ4n) is 9.53. The van der Waals surface area contributed by atoms with Gasteiger partial charge >= 0.3 is 0 Å². The summed E-state index contributed by atoms with van der Waals surface area (Å²) in [6.45, 7) is 15.1. The van der Waals surface area contributed by atoms with Gasteiger partial charge in [0.1, 0.15) is 0 Å². The van der Waals surface area contributed by atoms with Gasteiger partial charge in [-0.2, -0.15) is 0 Å². The van der Waals surface area contributed by atoms with E-state index >= 15 is 0 Å². The SMILES string of the molecule is CC[C@H]1[C@@H](O)[C@@H]2[C@H](CC[C@]3(C)[C@@H]([C@H](C)CNS(=O)(=O)C(C)(C)C)CC[C@@H]23)[C@@]2(C)CC[C@@H](O)C[C@@H]12. The Kier molecular flexibility index (Phi) is 7.11. The summed E-state index contributed by atoms with van der Waals surface area (Å²) in [5, 5.41) is 22.3. The smallest absolute Gasteiger partial charge is 0.216 e. The Morgan fingerprint density at radius 3 is 2.21 bits per heavy atom. The summed E-state index contributed by atoms with van der Waals surface area (Å²) in [6, 6.07) is 0. The number of aliphatic hydroxyl groups is 2. The molecule has 5 nitrogen and oxygen atoms in total. The van der Waals surface area contributed by atoms with Crippen LogP contribution in [0.1, 0.15) is 99.8 Å². The molecular formula is C28H51NO4S. The van der Waals surface area contributed by atoms with E-state index in [0.29, 0.717) is 36.1 Å². The topological polar surface area (TPSA) is 86.6 Å². The molecule has 6 heteroatoms. The van der Waals surface area contributed by atoms with Gasteiger partial charge in [-0.1, -0.05) is 34.1 Å². The minimum Gasteiger partial charge on any atom is -0.393 e. The minimum atomic E-state index is -3.35. The minimum absolute atomic E-state index is 0.157. The molecule has 0 unspecified atom stereocenters. The normalized spacial score (nSPS) is 48.0. The molecule has 3 N–H and O–H groups in total. The highest BCUT2D eigenvalue weighted by Gasteiger charge is 2.64. The first-order valence-electron chi connectivity index (χ1n) is 14.0. The highest BCUT2D eigenvalue weighted by Crippen LogP contribution is 2.69. The number of nitrogens with one attached hydrogen (secondary N) is 1. The van der Waals surface area contributed by atoms with E-state index in [9.17, 15) is 18.6 Å². The molecule has 11 atom stereocenters. The lowest BCUT2D eigenvalue weighted by Crippen LogP contribution is -2.62. The summed E-state index contributed by atoms with van der Waals surface area (Å²) in [5.41, 5.74) is 0.377. The van der Waals surface area contributed by atoms with Gasteiger partial charge in [0.25, 0.3) is 0 Å². The Hall–Kier alpha value is -0.170. The number of hydrogen-bond acceptors (Lipinski definition) is 4. The maximum atomic E-state index is 12.7. The van der Waals surface area contributed by atoms with Crippen molar-refractivity contribution in [2.24, 2.45) is 52.3 Å². The Bertz CT molecular complexity index is 853. The molecule has 0 aromatic carbocycles. The molecule has 4 fully saturated rings. The molecule has 198 valence electrons. The molecule has 0 aromatic rings. The number of sulfonamides is 1. The van der Waals surface area contributed by atoms with Gasteiger partial charge in [-0.05, 0) is 118 Å². The number of fused-ring (bicyclic) bond motifs is 5. The summed E-state index contributed by atoms with van der Waals surface area (Å²) >= 11 is 0. The van der Waals surface area contributed by atoms with E-state index in [-0.39, 0.29) is 34.9 Å². The second-order valence-corrected chi connectivity index (χ2v) is 16.6. The van der Waals surface area contributed by atoms with Crippen LogP contribution in [-0.2, 0) is 10.0 Å². The Balaban J connectivity index is 1.56. The summed E-state index contributed by atoms with van der Waals surface area (Å²) in [7, 11) is -3.35. The van der Waals surface area contributed by atoms with Crippen molar-refractivity contribution in [3.63, 3.8) is 0 Å². The van der Waals surface area contributed by atoms with E-state index in [4.69, 9.17) is 0 Å². The second kappa shape index (κ2) is 8.99. The van der Waals surface area contributed by atoms with Crippen molar-refractivity contribution in [2.45, 2.75) is 117 Å². The average molecular weight is 498 g/mol. The van der Waals surface area contributed by atoms with E-state index in [1.807, 2.05) is 0 Å². The van der Waals surface area contributed by atoms with Crippen LogP contribution < -0.4 is 4.72 Å². The third kappa shape index (κ3) is 4.11. The molecule has 0 aliphatic heterocycles. The number of hydrogen-bond donors (Lipinski definition) is 3. The van der Waals surface area contributed by atoms with Crippen molar-refractivity contribution in [2.75, 3.05) is 6.54 Å². The van der Waals surface area contributed by atoms with Crippen molar-refractivity contribution in [1.82, 2.24) is 4.72 Å². The highest BCUT2D eigenvalue weighted by molar-refractivity contribution is 7.90. The van der Waals surface area contributed by atoms with Crippen molar-refractivity contribution in [3.8, 4) is 0 Å². The molecule has 4 saturated carbocycles. The zero-order valence-electron chi connectivity index (χ0n) is 22.7. The summed E-state index contributed by atoms with van der Waals surface area (Å²) in [6.07, 6.45) is 7.94. The zero-order chi connectivity index (χ0) is 25.3. The van der Waals surface area contributed by atoms with Crippen LogP contribution in [0.4, 0.5) is 0 Å². The molecule has 0 spiro atoms. The molecule has 4 rings (SSSR count). The quantitative estimate of drug-likeness (QED) is 0.501. The standard InChI is InChI=1S/C28H51NO4S/c1-8-19-23-15-18(30)11-13-28(23,7)22-12-14-27(6)20(9-10-21(27)24(22)25(19)31)17(2)16-29-34(32,33)26(3,4)5/h17-25,29-31H,8-16H2,1-7H3/t17-,18-,19-,20-,21+,22+,23+,24+,25-,27-,28-/m1/s1. The highest BCUT2D eigenvalue weighted by atomic mass is 32.2. The third-order valence-electron chi connectivity index (χ3n) is 11.6. The largest absolute Gasteiger partial charge is 0.393 e. The third-order valence-corrected chi connectivity index (χ3v) is 13.7. The van der Waals surface area contributed by atoms with Crippen molar-refractivity contribution >= 4 is 10.0 Å². The van der Waals surface area contributed by atoms with Crippen LogP contribution in [0.2, 0.25) is 0 Å². The monoisotopic (exact) mass is 497 g/mol. The summed E-state index contributed by atoms with van der Waals surface area (Å²) < 4.78 is 27.4. The molecule has 4 aliphatic carbocycles. The molecule has 0 aromatic heterocycles. The molecule has 0 amide bonds. The predicted octanol–water partition coefficient (Wildman–Crippen LogP) is 4.97. The molecular weight excluding hydrogens is 446 g/mol. The van der Waals surface area contributed by atoms with Gasteiger partial charge < -0.3 is 10.2 Å². The lowest BCUT2D eigenvalue weighted by Gasteiger charge is -2.64. The van der Waals surface area contributed by atoms with E-state index in [0.717, 1.165) is 44.9 Å². The Morgan fingerprint density at radius 1 is 0.971 bits per heavy atom. The van der Waals surface area contributed by atoms with Crippen LogP contribution in [0.15, 0.2) is 0 Å². The van der Waals surface area contributed by atoms with Crippen molar-refractivity contribution < 1.29 is 18.6 Å². The van der Waals surface area contributed by atoms with E-state index in [2.05, 4.69) is 32.4 Å². The van der Waals surface area contributed by atoms with Gasteiger partial charge in [0, 0.05) is 6.54 Å². The van der Waals surface area contributed by atoms with Crippen LogP contribution in [0.5, 0.6) is 0 Å². The first kappa shape index (κ1) is 26.9. The molecule has 34 heavy (non-hydrogen) atoms. The first-order chi connectivity index (χ1) is 15.7. The molecule has 0 bridgehead atoms. The maximum Gasteiger partial charge on any atom is 0.216 e. The van der Waals surface area contributed by atoms with E-state index in [1.165, 1.54) is 6.42 Å². The van der Waals surface area contributed by atoms with Gasteiger partial charge in [0.15, 0.2) is 0 Å². The van der Waals surface area contributed by atoms with Gasteiger partial charge in [-0.15, -0.1) is 0 Å². The fraction of sp³-hybridized carbons (Fsp3) is 1.00. The molecule has 0 radical (unpaired) electrons. The second-order valence-electron chi connectivity index (χ2n) is 14.1. The zero-order valence-corrected chi connectivity index (χ0v) is 23.5. The van der Waals surface area contributed by atoms with Gasteiger partial charge in [-0.3, -0.25) is 0 Å². The molecule has 0 saturated heterocycles. The Labute approximate surface area is 208 Å². The fourth-order valence-corrected chi connectivity index (χ4v) is 10.4. The van der Waals surface area contributed by atoms with Crippen molar-refractivity contribution in [1.29, 1.82) is 0 Å². The van der Waals surface area contributed by atoms with Gasteiger partial charge in [-0.25, -0.2) is 13.1 Å². The number of rotatable bonds is 5. The van der Waals surface area contributed by atoms with Crippen LogP contribution in [0, 0.1) is 52.3 Å². The van der Waals surface area contributed by atoms with Crippen molar-refractivity contribution in [3.05, 3.63) is 0 Å². The van der Waals surface area contributed by atoms with Crippen LogP contribution in [0.25, 0.3) is 0 Å². The van der Waals surface area contributed by atoms with E-state index < -0.39 is 14.8 Å². The summed E-state index contributed by atoms with van der Waals surface area (Å²) in [4.78, 5) is 0. The lowest BCUT2D eigenvalue weighted by molar-refractivity contribution is -0.203. The van der Waals surface area contributed by atoms with E-state index in [1.54, 1.807) is 20.8 Å². The van der Waals surface area contributed by atoms with Crippen LogP contribution in [-0.4, -0.2) is 42.1 Å². The molecule has 0 heterocycles. The number of aliphatic hydroxyl groups excluding tert-OH is 2. The lowest BCUT2D eigenvalue weighted by atomic mass is 9.41. The summed E-state index contributed by atoms with van der Waals surface area (Å²) in [5.74, 6) is 2.83. The van der Waals surface area contributed by atoms with Crippen LogP contribution >= 0.6 is 0 Å². The van der Waals surface area contributed by atoms with Crippen LogP contribution in [0.3, 0.4) is 0 Å². The first-order valence-corrected chi connectivity index (χ1v) is 15.5. The maximum absolute atomic E-state index is 12.7. The predicted molar refractivity (Wildman–Crippen MR) is 138 cm³/mol. The van der Waals surface area contributed by atoms with Gasteiger partial charge in [0.05, 0.1) is 17.0 Å². The Morgan fingerprint density at radius 2 is 1.59 bits per heavy atom. The van der Waals surface area contributed by atoms with Gasteiger partial charge in [0.2, 0.25) is 10.0 Å². The average Bonchev–Trinajstić information content (AvgIpc) is 3.10. The molecule has 4 aliphatic rings.